The van der Waals surface area contributed by atoms with Gasteiger partial charge in [0.25, 0.3) is 0 Å². The molecule has 0 aromatic carbocycles. The van der Waals surface area contributed by atoms with Crippen LogP contribution >= 0.6 is 0 Å². The first-order valence-corrected chi connectivity index (χ1v) is 4.91. The number of ether oxygens (including phenoxy) is 1. The van der Waals surface area contributed by atoms with Crippen molar-refractivity contribution in [1.29, 1.82) is 0 Å². The molecule has 4 heteroatoms. The van der Waals surface area contributed by atoms with E-state index in [4.69, 9.17) is 4.74 Å². The molecule has 2 aromatic heterocycles. The molecular weight excluding hydrogens is 190 g/mol. The minimum atomic E-state index is 0.614. The second-order valence-corrected chi connectivity index (χ2v) is 3.22. The van der Waals surface area contributed by atoms with E-state index in [1.165, 1.54) is 0 Å². The van der Waals surface area contributed by atoms with Crippen molar-refractivity contribution >= 4 is 0 Å². The Morgan fingerprint density at radius 2 is 2.27 bits per heavy atom. The van der Waals surface area contributed by atoms with Gasteiger partial charge in [-0.1, -0.05) is 0 Å². The fourth-order valence-electron chi connectivity index (χ4n) is 1.42. The van der Waals surface area contributed by atoms with Crippen LogP contribution in [0.5, 0.6) is 11.8 Å². The molecule has 2 rings (SSSR count). The van der Waals surface area contributed by atoms with Crippen molar-refractivity contribution < 1.29 is 4.74 Å². The van der Waals surface area contributed by atoms with Crippen molar-refractivity contribution in [2.24, 2.45) is 0 Å². The van der Waals surface area contributed by atoms with Gasteiger partial charge in [-0.05, 0) is 26.0 Å². The van der Waals surface area contributed by atoms with E-state index >= 15 is 0 Å². The zero-order valence-corrected chi connectivity index (χ0v) is 8.84. The van der Waals surface area contributed by atoms with Gasteiger partial charge in [0, 0.05) is 18.4 Å². The predicted octanol–water partition coefficient (Wildman–Crippen LogP) is 2.40. The molecule has 2 heterocycles. The zero-order chi connectivity index (χ0) is 10.7. The first-order chi connectivity index (χ1) is 7.31. The van der Waals surface area contributed by atoms with E-state index < -0.39 is 0 Å². The monoisotopic (exact) mass is 203 g/mol. The summed E-state index contributed by atoms with van der Waals surface area (Å²) in [6.07, 6.45) is 5.18. The van der Waals surface area contributed by atoms with E-state index in [1.807, 2.05) is 23.6 Å². The van der Waals surface area contributed by atoms with Gasteiger partial charge in [0.1, 0.15) is 5.75 Å². The van der Waals surface area contributed by atoms with Crippen LogP contribution in [0.4, 0.5) is 0 Å². The molecule has 0 saturated carbocycles. The maximum atomic E-state index is 5.61. The van der Waals surface area contributed by atoms with E-state index in [9.17, 15) is 0 Å². The third-order valence-corrected chi connectivity index (χ3v) is 2.18. The van der Waals surface area contributed by atoms with Crippen molar-refractivity contribution in [2.45, 2.75) is 20.4 Å². The highest BCUT2D eigenvalue weighted by molar-refractivity contribution is 5.21. The molecule has 0 spiro atoms. The molecule has 2 aromatic rings. The summed E-state index contributed by atoms with van der Waals surface area (Å²) in [5.74, 6) is 0.706. The van der Waals surface area contributed by atoms with Crippen molar-refractivity contribution in [3.63, 3.8) is 0 Å². The number of nitrogens with zero attached hydrogens (tertiary/aromatic N) is 3. The molecule has 0 N–H and O–H groups in total. The van der Waals surface area contributed by atoms with Crippen molar-refractivity contribution in [3.05, 3.63) is 36.4 Å². The quantitative estimate of drug-likeness (QED) is 0.769. The summed E-state index contributed by atoms with van der Waals surface area (Å²) in [6, 6.07) is 4.31. The Labute approximate surface area is 88.6 Å². The van der Waals surface area contributed by atoms with Gasteiger partial charge >= 0.3 is 6.01 Å². The minimum absolute atomic E-state index is 0.614. The molecule has 0 unspecified atom stereocenters. The Morgan fingerprint density at radius 3 is 2.93 bits per heavy atom. The maximum Gasteiger partial charge on any atom is 0.302 e. The van der Waals surface area contributed by atoms with Crippen LogP contribution in [-0.2, 0) is 6.54 Å². The molecule has 78 valence electrons. The van der Waals surface area contributed by atoms with Gasteiger partial charge in [0.15, 0.2) is 0 Å². The first-order valence-electron chi connectivity index (χ1n) is 4.91. The molecule has 0 aliphatic rings. The molecule has 0 saturated heterocycles. The van der Waals surface area contributed by atoms with E-state index in [2.05, 4.69) is 16.9 Å². The number of pyridine rings is 1. The van der Waals surface area contributed by atoms with Crippen LogP contribution in [0.25, 0.3) is 0 Å². The molecule has 4 nitrogen and oxygen atoms in total. The van der Waals surface area contributed by atoms with Crippen LogP contribution in [-0.4, -0.2) is 14.5 Å². The van der Waals surface area contributed by atoms with Crippen molar-refractivity contribution in [3.8, 4) is 11.8 Å². The van der Waals surface area contributed by atoms with Gasteiger partial charge in [-0.3, -0.25) is 9.55 Å². The fraction of sp³-hybridized carbons (Fsp3) is 0.273. The van der Waals surface area contributed by atoms with Crippen LogP contribution in [0, 0.1) is 6.92 Å². The lowest BCUT2D eigenvalue weighted by atomic mass is 10.5. The predicted molar refractivity (Wildman–Crippen MR) is 56.9 cm³/mol. The number of rotatable bonds is 3. The third-order valence-electron chi connectivity index (χ3n) is 2.18. The largest absolute Gasteiger partial charge is 0.424 e. The number of hydrogen-bond acceptors (Lipinski definition) is 3. The molecule has 0 atom stereocenters. The Bertz CT molecular complexity index is 436. The van der Waals surface area contributed by atoms with Gasteiger partial charge in [0.2, 0.25) is 0 Å². The molecule has 0 fully saturated rings. The molecule has 0 amide bonds. The summed E-state index contributed by atoms with van der Waals surface area (Å²) in [5.41, 5.74) is 1.09. The van der Waals surface area contributed by atoms with Crippen LogP contribution in [0.3, 0.4) is 0 Å². The minimum Gasteiger partial charge on any atom is -0.424 e. The average molecular weight is 203 g/mol. The SMILES string of the molecule is CCn1c(C)cnc1Oc1cccnc1. The Hall–Kier alpha value is -1.84. The number of imidazole rings is 1. The lowest BCUT2D eigenvalue weighted by Crippen LogP contribution is -2.00. The topological polar surface area (TPSA) is 39.9 Å². The molecule has 0 aliphatic carbocycles. The smallest absolute Gasteiger partial charge is 0.302 e. The lowest BCUT2D eigenvalue weighted by molar-refractivity contribution is 0.411. The Morgan fingerprint density at radius 1 is 1.40 bits per heavy atom. The summed E-state index contributed by atoms with van der Waals surface area (Å²) >= 11 is 0. The van der Waals surface area contributed by atoms with Gasteiger partial charge in [-0.2, -0.15) is 0 Å². The van der Waals surface area contributed by atoms with E-state index in [0.29, 0.717) is 11.8 Å². The van der Waals surface area contributed by atoms with E-state index in [1.54, 1.807) is 18.6 Å². The van der Waals surface area contributed by atoms with Crippen LogP contribution in [0.2, 0.25) is 0 Å². The van der Waals surface area contributed by atoms with Gasteiger partial charge < -0.3 is 4.74 Å². The van der Waals surface area contributed by atoms with Crippen molar-refractivity contribution in [2.75, 3.05) is 0 Å². The average Bonchev–Trinajstić information content (AvgIpc) is 2.61. The third kappa shape index (κ3) is 1.98. The summed E-state index contributed by atoms with van der Waals surface area (Å²) in [5, 5.41) is 0. The summed E-state index contributed by atoms with van der Waals surface area (Å²) in [6.45, 7) is 4.92. The lowest BCUT2D eigenvalue weighted by Gasteiger charge is -2.07. The molecule has 15 heavy (non-hydrogen) atoms. The number of aromatic nitrogens is 3. The number of hydrogen-bond donors (Lipinski definition) is 0. The first kappa shape index (κ1) is 9.71. The highest BCUT2D eigenvalue weighted by Gasteiger charge is 2.06. The summed E-state index contributed by atoms with van der Waals surface area (Å²) in [7, 11) is 0. The molecular formula is C11H13N3O. The molecule has 0 radical (unpaired) electrons. The van der Waals surface area contributed by atoms with Crippen LogP contribution in [0.15, 0.2) is 30.7 Å². The van der Waals surface area contributed by atoms with E-state index in [-0.39, 0.29) is 0 Å². The second kappa shape index (κ2) is 4.13. The second-order valence-electron chi connectivity index (χ2n) is 3.22. The Kier molecular flexibility index (Phi) is 2.67. The summed E-state index contributed by atoms with van der Waals surface area (Å²) in [4.78, 5) is 8.18. The summed E-state index contributed by atoms with van der Waals surface area (Å²) < 4.78 is 7.62. The standard InChI is InChI=1S/C11H13N3O/c1-3-14-9(2)7-13-11(14)15-10-5-4-6-12-8-10/h4-8H,3H2,1-2H3. The highest BCUT2D eigenvalue weighted by atomic mass is 16.5. The molecule has 0 bridgehead atoms. The maximum absolute atomic E-state index is 5.61. The zero-order valence-electron chi connectivity index (χ0n) is 8.84. The van der Waals surface area contributed by atoms with Crippen molar-refractivity contribution in [1.82, 2.24) is 14.5 Å². The Balaban J connectivity index is 2.25. The fourth-order valence-corrected chi connectivity index (χ4v) is 1.42. The normalized spacial score (nSPS) is 10.3. The van der Waals surface area contributed by atoms with Gasteiger partial charge in [0.05, 0.1) is 12.4 Å². The van der Waals surface area contributed by atoms with E-state index in [0.717, 1.165) is 12.2 Å². The number of aryl methyl sites for hydroxylation is 1. The van der Waals surface area contributed by atoms with Crippen LogP contribution in [0.1, 0.15) is 12.6 Å². The van der Waals surface area contributed by atoms with Gasteiger partial charge in [-0.25, -0.2) is 4.98 Å². The highest BCUT2D eigenvalue weighted by Crippen LogP contribution is 2.19. The molecule has 0 aliphatic heterocycles. The van der Waals surface area contributed by atoms with Gasteiger partial charge in [-0.15, -0.1) is 0 Å². The van der Waals surface area contributed by atoms with Crippen LogP contribution < -0.4 is 4.74 Å².